The van der Waals surface area contributed by atoms with Crippen molar-refractivity contribution in [3.63, 3.8) is 0 Å². The maximum atomic E-state index is 3.76. The number of halogens is 1. The first-order chi connectivity index (χ1) is 9.47. The molecule has 2 atom stereocenters. The molecule has 0 heterocycles. The first kappa shape index (κ1) is 16.0. The van der Waals surface area contributed by atoms with Gasteiger partial charge in [0.25, 0.3) is 0 Å². The Morgan fingerprint density at radius 1 is 1.10 bits per heavy atom. The van der Waals surface area contributed by atoms with Gasteiger partial charge in [0, 0.05) is 17.1 Å². The zero-order valence-corrected chi connectivity index (χ0v) is 14.7. The normalized spacial score (nSPS) is 24.4. The number of benzene rings is 1. The van der Waals surface area contributed by atoms with Crippen LogP contribution in [0.2, 0.25) is 0 Å². The third-order valence-electron chi connectivity index (χ3n) is 4.73. The van der Waals surface area contributed by atoms with Crippen LogP contribution in [0.15, 0.2) is 28.7 Å². The Labute approximate surface area is 132 Å². The molecule has 1 aliphatic rings. The topological polar surface area (TPSA) is 12.0 Å². The summed E-state index contributed by atoms with van der Waals surface area (Å²) in [5.41, 5.74) is 1.83. The molecule has 20 heavy (non-hydrogen) atoms. The van der Waals surface area contributed by atoms with Gasteiger partial charge in [-0.15, -0.1) is 0 Å². The van der Waals surface area contributed by atoms with Crippen molar-refractivity contribution < 1.29 is 0 Å². The molecule has 0 amide bonds. The highest BCUT2D eigenvalue weighted by molar-refractivity contribution is 9.10. The maximum Gasteiger partial charge on any atom is 0.0220 e. The third kappa shape index (κ3) is 4.60. The van der Waals surface area contributed by atoms with Gasteiger partial charge in [-0.1, -0.05) is 61.3 Å². The van der Waals surface area contributed by atoms with E-state index in [0.717, 1.165) is 12.5 Å². The van der Waals surface area contributed by atoms with Crippen LogP contribution in [0.3, 0.4) is 0 Å². The molecule has 0 aliphatic heterocycles. The van der Waals surface area contributed by atoms with Gasteiger partial charge in [-0.3, -0.25) is 0 Å². The highest BCUT2D eigenvalue weighted by Crippen LogP contribution is 2.36. The summed E-state index contributed by atoms with van der Waals surface area (Å²) in [5.74, 6) is 0.887. The summed E-state index contributed by atoms with van der Waals surface area (Å²) in [4.78, 5) is 0. The van der Waals surface area contributed by atoms with Gasteiger partial charge in [-0.2, -0.15) is 0 Å². The lowest BCUT2D eigenvalue weighted by molar-refractivity contribution is 0.213. The van der Waals surface area contributed by atoms with Gasteiger partial charge in [0.1, 0.15) is 0 Å². The summed E-state index contributed by atoms with van der Waals surface area (Å²) in [7, 11) is 0. The summed E-state index contributed by atoms with van der Waals surface area (Å²) >= 11 is 3.63. The predicted molar refractivity (Wildman–Crippen MR) is 90.8 cm³/mol. The summed E-state index contributed by atoms with van der Waals surface area (Å²) in [6.07, 6.45) is 6.80. The molecule has 0 saturated heterocycles. The molecule has 1 fully saturated rings. The van der Waals surface area contributed by atoms with E-state index < -0.39 is 0 Å². The quantitative estimate of drug-likeness (QED) is 0.714. The van der Waals surface area contributed by atoms with E-state index in [0.29, 0.717) is 11.5 Å². The molecule has 0 aromatic heterocycles. The van der Waals surface area contributed by atoms with Gasteiger partial charge < -0.3 is 5.32 Å². The zero-order chi connectivity index (χ0) is 14.6. The first-order valence-corrected chi connectivity index (χ1v) is 8.73. The summed E-state index contributed by atoms with van der Waals surface area (Å²) in [6, 6.07) is 9.21. The van der Waals surface area contributed by atoms with Crippen LogP contribution in [-0.2, 0) is 6.54 Å². The second kappa shape index (κ2) is 7.09. The fourth-order valence-corrected chi connectivity index (χ4v) is 3.69. The standard InChI is InChI=1S/C18H28BrN/c1-18(2,3)15-8-6-9-16(12-11-15)20-13-14-7-4-5-10-17(14)19/h4-5,7,10,15-16,20H,6,8-9,11-13H2,1-3H3. The summed E-state index contributed by atoms with van der Waals surface area (Å²) < 4.78 is 1.22. The Balaban J connectivity index is 1.84. The Kier molecular flexibility index (Phi) is 5.68. The van der Waals surface area contributed by atoms with Crippen molar-refractivity contribution in [1.82, 2.24) is 5.32 Å². The minimum Gasteiger partial charge on any atom is -0.310 e. The molecule has 2 rings (SSSR count). The Morgan fingerprint density at radius 3 is 2.55 bits per heavy atom. The van der Waals surface area contributed by atoms with Crippen LogP contribution in [0.1, 0.15) is 58.4 Å². The van der Waals surface area contributed by atoms with Crippen molar-refractivity contribution in [2.24, 2.45) is 11.3 Å². The lowest BCUT2D eigenvalue weighted by Crippen LogP contribution is -2.28. The highest BCUT2D eigenvalue weighted by atomic mass is 79.9. The van der Waals surface area contributed by atoms with E-state index in [1.165, 1.54) is 42.1 Å². The number of rotatable bonds is 3. The second-order valence-corrected chi connectivity index (χ2v) is 8.09. The van der Waals surface area contributed by atoms with Crippen LogP contribution in [0.4, 0.5) is 0 Å². The van der Waals surface area contributed by atoms with Crippen molar-refractivity contribution in [3.8, 4) is 0 Å². The second-order valence-electron chi connectivity index (χ2n) is 7.24. The van der Waals surface area contributed by atoms with E-state index in [2.05, 4.69) is 66.3 Å². The molecule has 1 nitrogen and oxygen atoms in total. The van der Waals surface area contributed by atoms with E-state index in [9.17, 15) is 0 Å². The lowest BCUT2D eigenvalue weighted by atomic mass is 9.76. The largest absolute Gasteiger partial charge is 0.310 e. The summed E-state index contributed by atoms with van der Waals surface area (Å²) in [5, 5.41) is 3.76. The number of hydrogen-bond acceptors (Lipinski definition) is 1. The molecule has 0 bridgehead atoms. The van der Waals surface area contributed by atoms with Crippen LogP contribution in [0.5, 0.6) is 0 Å². The molecule has 0 radical (unpaired) electrons. The molecule has 112 valence electrons. The van der Waals surface area contributed by atoms with E-state index in [4.69, 9.17) is 0 Å². The van der Waals surface area contributed by atoms with E-state index in [-0.39, 0.29) is 0 Å². The van der Waals surface area contributed by atoms with Gasteiger partial charge in [0.05, 0.1) is 0 Å². The molecule has 0 spiro atoms. The lowest BCUT2D eigenvalue weighted by Gasteiger charge is -2.29. The fraction of sp³-hybridized carbons (Fsp3) is 0.667. The van der Waals surface area contributed by atoms with Crippen LogP contribution >= 0.6 is 15.9 Å². The van der Waals surface area contributed by atoms with Crippen molar-refractivity contribution in [2.75, 3.05) is 0 Å². The molecule has 1 aromatic rings. The van der Waals surface area contributed by atoms with Crippen LogP contribution in [-0.4, -0.2) is 6.04 Å². The van der Waals surface area contributed by atoms with E-state index >= 15 is 0 Å². The number of hydrogen-bond donors (Lipinski definition) is 1. The molecular formula is C18H28BrN. The smallest absolute Gasteiger partial charge is 0.0220 e. The monoisotopic (exact) mass is 337 g/mol. The highest BCUT2D eigenvalue weighted by Gasteiger charge is 2.27. The SMILES string of the molecule is CC(C)(C)C1CCCC(NCc2ccccc2Br)CC1. The Morgan fingerprint density at radius 2 is 1.85 bits per heavy atom. The van der Waals surface area contributed by atoms with Gasteiger partial charge in [-0.25, -0.2) is 0 Å². The summed E-state index contributed by atoms with van der Waals surface area (Å²) in [6.45, 7) is 8.16. The van der Waals surface area contributed by atoms with Gasteiger partial charge >= 0.3 is 0 Å². The Bertz CT molecular complexity index is 422. The first-order valence-electron chi connectivity index (χ1n) is 7.93. The van der Waals surface area contributed by atoms with Crippen LogP contribution < -0.4 is 5.32 Å². The molecular weight excluding hydrogens is 310 g/mol. The van der Waals surface area contributed by atoms with Gasteiger partial charge in [0.2, 0.25) is 0 Å². The molecule has 1 aromatic carbocycles. The molecule has 2 heteroatoms. The Hall–Kier alpha value is -0.340. The van der Waals surface area contributed by atoms with E-state index in [1.54, 1.807) is 0 Å². The van der Waals surface area contributed by atoms with Crippen LogP contribution in [0, 0.1) is 11.3 Å². The fourth-order valence-electron chi connectivity index (χ4n) is 3.27. The average molecular weight is 338 g/mol. The van der Waals surface area contributed by atoms with Gasteiger partial charge in [0.15, 0.2) is 0 Å². The molecule has 1 saturated carbocycles. The predicted octanol–water partition coefficient (Wildman–Crippen LogP) is 5.53. The minimum absolute atomic E-state index is 0.470. The van der Waals surface area contributed by atoms with E-state index in [1.807, 2.05) is 0 Å². The maximum absolute atomic E-state index is 3.76. The molecule has 2 unspecified atom stereocenters. The van der Waals surface area contributed by atoms with Crippen molar-refractivity contribution in [2.45, 2.75) is 65.5 Å². The van der Waals surface area contributed by atoms with Gasteiger partial charge in [-0.05, 0) is 48.6 Å². The minimum atomic E-state index is 0.470. The van der Waals surface area contributed by atoms with Crippen molar-refractivity contribution in [1.29, 1.82) is 0 Å². The third-order valence-corrected chi connectivity index (χ3v) is 5.51. The number of nitrogens with one attached hydrogen (secondary N) is 1. The zero-order valence-electron chi connectivity index (χ0n) is 13.1. The molecule has 1 N–H and O–H groups in total. The van der Waals surface area contributed by atoms with Crippen LogP contribution in [0.25, 0.3) is 0 Å². The van der Waals surface area contributed by atoms with Crippen molar-refractivity contribution in [3.05, 3.63) is 34.3 Å². The molecule has 1 aliphatic carbocycles. The van der Waals surface area contributed by atoms with Crippen molar-refractivity contribution >= 4 is 15.9 Å². The average Bonchev–Trinajstić information content (AvgIpc) is 2.63.